The van der Waals surface area contributed by atoms with Crippen molar-refractivity contribution in [1.29, 1.82) is 0 Å². The number of rotatable bonds is 9. The van der Waals surface area contributed by atoms with Crippen LogP contribution in [0.15, 0.2) is 72.8 Å². The Balaban J connectivity index is 1.25. The third kappa shape index (κ3) is 5.91. The zero-order valence-electron chi connectivity index (χ0n) is 21.9. The lowest BCUT2D eigenvalue weighted by molar-refractivity contribution is -0.118. The van der Waals surface area contributed by atoms with Crippen molar-refractivity contribution < 1.29 is 9.59 Å². The number of urea groups is 1. The molecule has 0 unspecified atom stereocenters. The number of unbranched alkanes of at least 4 members (excludes halogenated alkanes) is 1. The summed E-state index contributed by atoms with van der Waals surface area (Å²) in [6.45, 7) is 0.554. The molecule has 2 aliphatic rings. The fourth-order valence-corrected chi connectivity index (χ4v) is 5.91. The Morgan fingerprint density at radius 1 is 0.816 bits per heavy atom. The second kappa shape index (κ2) is 12.3. The quantitative estimate of drug-likeness (QED) is 0.257. The number of nitrogens with two attached hydrogens (primary N) is 1. The van der Waals surface area contributed by atoms with E-state index in [1.165, 1.54) is 37.7 Å². The van der Waals surface area contributed by atoms with Crippen LogP contribution in [0.4, 0.5) is 10.5 Å². The van der Waals surface area contributed by atoms with Gasteiger partial charge in [0.05, 0.1) is 6.04 Å². The maximum absolute atomic E-state index is 13.3. The topological polar surface area (TPSA) is 96.2 Å². The molecule has 0 radical (unpaired) electrons. The molecule has 0 aliphatic heterocycles. The van der Waals surface area contributed by atoms with Gasteiger partial charge in [0, 0.05) is 5.69 Å². The van der Waals surface area contributed by atoms with Crippen LogP contribution in [-0.4, -0.2) is 24.5 Å². The number of benzene rings is 3. The smallest absolute Gasteiger partial charge is 0.316 e. The summed E-state index contributed by atoms with van der Waals surface area (Å²) < 4.78 is 0. The van der Waals surface area contributed by atoms with Crippen molar-refractivity contribution in [2.75, 3.05) is 11.9 Å². The first-order valence-corrected chi connectivity index (χ1v) is 14.0. The molecule has 38 heavy (non-hydrogen) atoms. The van der Waals surface area contributed by atoms with Gasteiger partial charge >= 0.3 is 6.03 Å². The summed E-state index contributed by atoms with van der Waals surface area (Å²) in [7, 11) is 0. The average molecular weight is 511 g/mol. The maximum atomic E-state index is 13.3. The van der Waals surface area contributed by atoms with Crippen LogP contribution < -0.4 is 21.7 Å². The molecule has 2 aliphatic carbocycles. The number of fused-ring (bicyclic) bond motifs is 3. The molecule has 6 nitrogen and oxygen atoms in total. The number of anilines is 1. The van der Waals surface area contributed by atoms with Crippen LogP contribution in [0.3, 0.4) is 0 Å². The third-order valence-electron chi connectivity index (χ3n) is 7.93. The molecular weight excluding hydrogens is 472 g/mol. The first kappa shape index (κ1) is 26.0. The number of hydrogen-bond acceptors (Lipinski definition) is 3. The molecule has 0 aromatic heterocycles. The molecule has 5 N–H and O–H groups in total. The van der Waals surface area contributed by atoms with E-state index in [1.807, 2.05) is 48.5 Å². The van der Waals surface area contributed by atoms with E-state index >= 15 is 0 Å². The SMILES string of the molecule is NCCCC[C@@H](NC(=O)NC1c2ccccc2-c2ccccc21)C(=O)Nc1ccc(C2CCCCC2)cc1. The minimum Gasteiger partial charge on any atom is -0.330 e. The Morgan fingerprint density at radius 2 is 1.45 bits per heavy atom. The summed E-state index contributed by atoms with van der Waals surface area (Å²) in [6.07, 6.45) is 8.47. The fourth-order valence-electron chi connectivity index (χ4n) is 5.91. The zero-order valence-corrected chi connectivity index (χ0v) is 21.9. The van der Waals surface area contributed by atoms with Gasteiger partial charge in [0.15, 0.2) is 0 Å². The third-order valence-corrected chi connectivity index (χ3v) is 7.93. The number of nitrogens with one attached hydrogen (secondary N) is 3. The number of hydrogen-bond donors (Lipinski definition) is 4. The van der Waals surface area contributed by atoms with E-state index in [0.717, 1.165) is 40.8 Å². The molecule has 0 bridgehead atoms. The van der Waals surface area contributed by atoms with E-state index in [4.69, 9.17) is 5.73 Å². The van der Waals surface area contributed by atoms with Gasteiger partial charge in [0.25, 0.3) is 0 Å². The summed E-state index contributed by atoms with van der Waals surface area (Å²) >= 11 is 0. The molecule has 1 saturated carbocycles. The largest absolute Gasteiger partial charge is 0.330 e. The van der Waals surface area contributed by atoms with Crippen LogP contribution in [0.25, 0.3) is 11.1 Å². The van der Waals surface area contributed by atoms with Crippen LogP contribution in [0.2, 0.25) is 0 Å². The Kier molecular flexibility index (Phi) is 8.39. The maximum Gasteiger partial charge on any atom is 0.316 e. The van der Waals surface area contributed by atoms with Crippen LogP contribution in [0.5, 0.6) is 0 Å². The van der Waals surface area contributed by atoms with Gasteiger partial charge in [-0.3, -0.25) is 4.79 Å². The summed E-state index contributed by atoms with van der Waals surface area (Å²) in [5.74, 6) is 0.406. The summed E-state index contributed by atoms with van der Waals surface area (Å²) in [5, 5.41) is 9.08. The van der Waals surface area contributed by atoms with E-state index in [0.29, 0.717) is 18.9 Å². The molecule has 198 valence electrons. The molecule has 6 heteroatoms. The van der Waals surface area contributed by atoms with Crippen molar-refractivity contribution in [2.24, 2.45) is 5.73 Å². The van der Waals surface area contributed by atoms with Gasteiger partial charge in [0.2, 0.25) is 5.91 Å². The summed E-state index contributed by atoms with van der Waals surface area (Å²) in [5.41, 5.74) is 12.2. The number of carbonyl (C=O) groups excluding carboxylic acids is 2. The summed E-state index contributed by atoms with van der Waals surface area (Å²) in [4.78, 5) is 26.5. The normalized spacial score (nSPS) is 15.8. The standard InChI is InChI=1S/C32H38N4O2/c33-21-9-8-16-29(31(37)34-24-19-17-23(18-20-24)22-10-2-1-3-11-22)35-32(38)36-30-27-14-6-4-12-25(27)26-13-5-7-15-28(26)30/h4-7,12-15,17-20,22,29-30H,1-3,8-11,16,21,33H2,(H,34,37)(H2,35,36,38)/t29-/m1/s1. The van der Waals surface area contributed by atoms with Crippen molar-refractivity contribution in [3.05, 3.63) is 89.5 Å². The fraction of sp³-hybridized carbons (Fsp3) is 0.375. The molecule has 0 spiro atoms. The Hall–Kier alpha value is -3.64. The predicted molar refractivity (Wildman–Crippen MR) is 153 cm³/mol. The lowest BCUT2D eigenvalue weighted by Gasteiger charge is -2.23. The molecular formula is C32H38N4O2. The van der Waals surface area contributed by atoms with Gasteiger partial charge in [-0.1, -0.05) is 79.9 Å². The Labute approximate surface area is 225 Å². The highest BCUT2D eigenvalue weighted by atomic mass is 16.2. The molecule has 5 rings (SSSR count). The second-order valence-electron chi connectivity index (χ2n) is 10.5. The monoisotopic (exact) mass is 510 g/mol. The molecule has 0 heterocycles. The highest BCUT2D eigenvalue weighted by Crippen LogP contribution is 2.43. The van der Waals surface area contributed by atoms with Gasteiger partial charge < -0.3 is 21.7 Å². The lowest BCUT2D eigenvalue weighted by atomic mass is 9.84. The zero-order chi connectivity index (χ0) is 26.3. The van der Waals surface area contributed by atoms with E-state index in [1.54, 1.807) is 0 Å². The van der Waals surface area contributed by atoms with Gasteiger partial charge in [-0.05, 0) is 84.5 Å². The minimum absolute atomic E-state index is 0.213. The van der Waals surface area contributed by atoms with Gasteiger partial charge in [-0.25, -0.2) is 4.79 Å². The van der Waals surface area contributed by atoms with Crippen LogP contribution >= 0.6 is 0 Å². The van der Waals surface area contributed by atoms with Crippen molar-refractivity contribution in [3.63, 3.8) is 0 Å². The molecule has 3 aromatic carbocycles. The number of carbonyl (C=O) groups is 2. The Bertz CT molecular complexity index is 1200. The van der Waals surface area contributed by atoms with Crippen molar-refractivity contribution in [1.82, 2.24) is 10.6 Å². The van der Waals surface area contributed by atoms with Crippen molar-refractivity contribution >= 4 is 17.6 Å². The van der Waals surface area contributed by atoms with Crippen LogP contribution in [0, 0.1) is 0 Å². The van der Waals surface area contributed by atoms with Gasteiger partial charge in [-0.15, -0.1) is 0 Å². The lowest BCUT2D eigenvalue weighted by Crippen LogP contribution is -2.48. The highest BCUT2D eigenvalue weighted by Gasteiger charge is 2.30. The van der Waals surface area contributed by atoms with E-state index in [-0.39, 0.29) is 18.0 Å². The molecule has 1 atom stereocenters. The van der Waals surface area contributed by atoms with E-state index in [9.17, 15) is 9.59 Å². The van der Waals surface area contributed by atoms with E-state index in [2.05, 4.69) is 40.2 Å². The molecule has 3 amide bonds. The molecule has 3 aromatic rings. The second-order valence-corrected chi connectivity index (χ2v) is 10.5. The highest BCUT2D eigenvalue weighted by molar-refractivity contribution is 5.97. The average Bonchev–Trinajstić information content (AvgIpc) is 3.27. The summed E-state index contributed by atoms with van der Waals surface area (Å²) in [6, 6.07) is 23.2. The minimum atomic E-state index is -0.661. The van der Waals surface area contributed by atoms with Gasteiger partial charge in [-0.2, -0.15) is 0 Å². The van der Waals surface area contributed by atoms with Crippen LogP contribution in [0.1, 0.15) is 80.0 Å². The first-order chi connectivity index (χ1) is 18.6. The number of amides is 3. The van der Waals surface area contributed by atoms with Crippen molar-refractivity contribution in [2.45, 2.75) is 69.4 Å². The molecule has 1 fully saturated rings. The molecule has 0 saturated heterocycles. The predicted octanol–water partition coefficient (Wildman–Crippen LogP) is 6.24. The van der Waals surface area contributed by atoms with E-state index < -0.39 is 6.04 Å². The van der Waals surface area contributed by atoms with Crippen LogP contribution in [-0.2, 0) is 4.79 Å². The van der Waals surface area contributed by atoms with Crippen molar-refractivity contribution in [3.8, 4) is 11.1 Å². The Morgan fingerprint density at radius 3 is 2.08 bits per heavy atom. The van der Waals surface area contributed by atoms with Gasteiger partial charge in [0.1, 0.15) is 6.04 Å². The first-order valence-electron chi connectivity index (χ1n) is 14.0.